The maximum atomic E-state index is 12.8. The van der Waals surface area contributed by atoms with Crippen LogP contribution in [0.15, 0.2) is 53.4 Å². The fourth-order valence-corrected chi connectivity index (χ4v) is 4.40. The molecule has 3 rings (SSSR count). The first kappa shape index (κ1) is 18.6. The van der Waals surface area contributed by atoms with Crippen molar-refractivity contribution in [2.75, 3.05) is 18.0 Å². The third kappa shape index (κ3) is 3.41. The van der Waals surface area contributed by atoms with Gasteiger partial charge in [0.1, 0.15) is 11.4 Å². The van der Waals surface area contributed by atoms with Crippen LogP contribution in [0.4, 0.5) is 5.69 Å². The Morgan fingerprint density at radius 1 is 1.15 bits per heavy atom. The number of benzene rings is 2. The van der Waals surface area contributed by atoms with Crippen LogP contribution in [-0.4, -0.2) is 37.6 Å². The zero-order valence-corrected chi connectivity index (χ0v) is 15.4. The van der Waals surface area contributed by atoms with E-state index in [-0.39, 0.29) is 23.4 Å². The van der Waals surface area contributed by atoms with Crippen molar-refractivity contribution in [1.29, 1.82) is 5.26 Å². The summed E-state index contributed by atoms with van der Waals surface area (Å²) in [7, 11) is -4.06. The summed E-state index contributed by atoms with van der Waals surface area (Å²) in [6.45, 7) is 1.39. The molecule has 0 fully saturated rings. The van der Waals surface area contributed by atoms with Crippen molar-refractivity contribution < 1.29 is 18.0 Å². The van der Waals surface area contributed by atoms with Crippen LogP contribution in [-0.2, 0) is 14.8 Å². The van der Waals surface area contributed by atoms with E-state index < -0.39 is 28.4 Å². The number of aryl methyl sites for hydroxylation is 1. The van der Waals surface area contributed by atoms with Crippen LogP contribution in [0.5, 0.6) is 0 Å². The summed E-state index contributed by atoms with van der Waals surface area (Å²) in [5.74, 6) is -1.29. The first-order chi connectivity index (χ1) is 12.9. The highest BCUT2D eigenvalue weighted by molar-refractivity contribution is 7.90. The number of rotatable bonds is 5. The molecular weight excluding hydrogens is 366 g/mol. The Bertz CT molecular complexity index is 1040. The van der Waals surface area contributed by atoms with Crippen molar-refractivity contribution in [1.82, 2.24) is 4.31 Å². The molecule has 2 aromatic carbocycles. The standard InChI is InChI=1S/C19H17N3O4S/c1-14-7-9-15(10-8-14)21(12-4-11-20)18(23)13-22-19(24)16-5-2-3-6-17(16)27(22,25)26/h2-3,5-10H,4,12-13H2,1H3. The minimum absolute atomic E-state index is 0.0595. The first-order valence-electron chi connectivity index (χ1n) is 8.26. The van der Waals surface area contributed by atoms with Crippen molar-refractivity contribution in [3.05, 3.63) is 59.7 Å². The second-order valence-corrected chi connectivity index (χ2v) is 7.93. The molecule has 138 valence electrons. The minimum Gasteiger partial charge on any atom is -0.310 e. The van der Waals surface area contributed by atoms with E-state index in [1.807, 2.05) is 25.1 Å². The molecule has 8 heteroatoms. The molecule has 0 saturated carbocycles. The summed E-state index contributed by atoms with van der Waals surface area (Å²) in [6, 6.07) is 14.9. The third-order valence-corrected chi connectivity index (χ3v) is 6.07. The topological polar surface area (TPSA) is 98.5 Å². The smallest absolute Gasteiger partial charge is 0.269 e. The normalized spacial score (nSPS) is 14.5. The average molecular weight is 383 g/mol. The van der Waals surface area contributed by atoms with Gasteiger partial charge in [0.05, 0.1) is 18.1 Å². The van der Waals surface area contributed by atoms with Crippen molar-refractivity contribution in [2.24, 2.45) is 0 Å². The molecule has 7 nitrogen and oxygen atoms in total. The van der Waals surface area contributed by atoms with Crippen LogP contribution in [0.3, 0.4) is 0 Å². The van der Waals surface area contributed by atoms with Crippen LogP contribution in [0.2, 0.25) is 0 Å². The van der Waals surface area contributed by atoms with Crippen LogP contribution >= 0.6 is 0 Å². The molecule has 1 aliphatic heterocycles. The van der Waals surface area contributed by atoms with Crippen LogP contribution in [0.25, 0.3) is 0 Å². The van der Waals surface area contributed by atoms with E-state index in [1.165, 1.54) is 23.1 Å². The van der Waals surface area contributed by atoms with Gasteiger partial charge in [-0.3, -0.25) is 9.59 Å². The second kappa shape index (κ2) is 7.21. The lowest BCUT2D eigenvalue weighted by molar-refractivity contribution is -0.118. The number of anilines is 1. The number of nitrogens with zero attached hydrogens (tertiary/aromatic N) is 3. The molecule has 0 aliphatic carbocycles. The van der Waals surface area contributed by atoms with Crippen molar-refractivity contribution in [3.63, 3.8) is 0 Å². The Hall–Kier alpha value is -3.18. The zero-order chi connectivity index (χ0) is 19.6. The molecule has 27 heavy (non-hydrogen) atoms. The molecule has 0 radical (unpaired) electrons. The number of amides is 2. The van der Waals surface area contributed by atoms with Gasteiger partial charge in [0.25, 0.3) is 15.9 Å². The molecule has 0 unspecified atom stereocenters. The second-order valence-electron chi connectivity index (χ2n) is 6.10. The monoisotopic (exact) mass is 383 g/mol. The van der Waals surface area contributed by atoms with E-state index in [1.54, 1.807) is 18.2 Å². The summed E-state index contributed by atoms with van der Waals surface area (Å²) in [6.07, 6.45) is 0.0839. The van der Waals surface area contributed by atoms with Crippen LogP contribution < -0.4 is 4.90 Å². The Morgan fingerprint density at radius 3 is 2.44 bits per heavy atom. The highest BCUT2D eigenvalue weighted by Crippen LogP contribution is 2.30. The van der Waals surface area contributed by atoms with Crippen molar-refractivity contribution in [2.45, 2.75) is 18.2 Å². The number of sulfonamides is 1. The molecule has 0 N–H and O–H groups in total. The molecule has 1 aliphatic rings. The molecule has 0 bridgehead atoms. The van der Waals surface area contributed by atoms with E-state index >= 15 is 0 Å². The molecule has 0 atom stereocenters. The van der Waals surface area contributed by atoms with E-state index in [0.717, 1.165) is 5.56 Å². The number of hydrogen-bond donors (Lipinski definition) is 0. The van der Waals surface area contributed by atoms with Gasteiger partial charge in [-0.15, -0.1) is 0 Å². The Balaban J connectivity index is 1.89. The Morgan fingerprint density at radius 2 is 1.81 bits per heavy atom. The molecule has 1 heterocycles. The van der Waals surface area contributed by atoms with Gasteiger partial charge in [0.2, 0.25) is 5.91 Å². The average Bonchev–Trinajstić information content (AvgIpc) is 2.85. The van der Waals surface area contributed by atoms with Crippen LogP contribution in [0.1, 0.15) is 22.3 Å². The lowest BCUT2D eigenvalue weighted by Gasteiger charge is -2.24. The van der Waals surface area contributed by atoms with Crippen molar-refractivity contribution >= 4 is 27.5 Å². The van der Waals surface area contributed by atoms with Gasteiger partial charge in [-0.1, -0.05) is 29.8 Å². The number of carbonyl (C=O) groups is 2. The van der Waals surface area contributed by atoms with E-state index in [0.29, 0.717) is 9.99 Å². The summed E-state index contributed by atoms with van der Waals surface area (Å²) >= 11 is 0. The summed E-state index contributed by atoms with van der Waals surface area (Å²) in [5, 5.41) is 8.87. The molecule has 0 spiro atoms. The van der Waals surface area contributed by atoms with Gasteiger partial charge < -0.3 is 4.90 Å². The highest BCUT2D eigenvalue weighted by atomic mass is 32.2. The molecule has 2 amide bonds. The fourth-order valence-electron chi connectivity index (χ4n) is 2.88. The largest absolute Gasteiger partial charge is 0.310 e. The highest BCUT2D eigenvalue weighted by Gasteiger charge is 2.42. The maximum Gasteiger partial charge on any atom is 0.269 e. The molecular formula is C19H17N3O4S. The fraction of sp³-hybridized carbons (Fsp3) is 0.211. The number of hydrogen-bond acceptors (Lipinski definition) is 5. The van der Waals surface area contributed by atoms with E-state index in [4.69, 9.17) is 5.26 Å². The first-order valence-corrected chi connectivity index (χ1v) is 9.70. The number of nitriles is 1. The third-order valence-electron chi connectivity index (χ3n) is 4.28. The Labute approximate surface area is 157 Å². The summed E-state index contributed by atoms with van der Waals surface area (Å²) in [4.78, 5) is 26.6. The van der Waals surface area contributed by atoms with Crippen LogP contribution in [0, 0.1) is 18.3 Å². The predicted molar refractivity (Wildman–Crippen MR) is 98.4 cm³/mol. The SMILES string of the molecule is Cc1ccc(N(CCC#N)C(=O)CN2C(=O)c3ccccc3S2(=O)=O)cc1. The maximum absolute atomic E-state index is 12.8. The van der Waals surface area contributed by atoms with Gasteiger partial charge in [0, 0.05) is 12.2 Å². The number of carbonyl (C=O) groups excluding carboxylic acids is 2. The van der Waals surface area contributed by atoms with Gasteiger partial charge in [0.15, 0.2) is 0 Å². The minimum atomic E-state index is -4.06. The van der Waals surface area contributed by atoms with Gasteiger partial charge >= 0.3 is 0 Å². The zero-order valence-electron chi connectivity index (χ0n) is 14.6. The van der Waals surface area contributed by atoms with Crippen molar-refractivity contribution in [3.8, 4) is 6.07 Å². The lowest BCUT2D eigenvalue weighted by atomic mass is 10.2. The van der Waals surface area contributed by atoms with E-state index in [2.05, 4.69) is 0 Å². The summed E-state index contributed by atoms with van der Waals surface area (Å²) in [5.41, 5.74) is 1.60. The predicted octanol–water partition coefficient (Wildman–Crippen LogP) is 2.09. The summed E-state index contributed by atoms with van der Waals surface area (Å²) < 4.78 is 25.9. The quantitative estimate of drug-likeness (QED) is 0.787. The molecule has 2 aromatic rings. The van der Waals surface area contributed by atoms with Gasteiger partial charge in [-0.2, -0.15) is 5.26 Å². The molecule has 0 saturated heterocycles. The Kier molecular flexibility index (Phi) is 4.97. The molecule has 0 aromatic heterocycles. The lowest BCUT2D eigenvalue weighted by Crippen LogP contribution is -2.43. The number of fused-ring (bicyclic) bond motifs is 1. The van der Waals surface area contributed by atoms with Gasteiger partial charge in [-0.05, 0) is 31.2 Å². The van der Waals surface area contributed by atoms with E-state index in [9.17, 15) is 18.0 Å². The van der Waals surface area contributed by atoms with Gasteiger partial charge in [-0.25, -0.2) is 12.7 Å².